The van der Waals surface area contributed by atoms with Crippen molar-refractivity contribution in [2.24, 2.45) is 11.5 Å². The van der Waals surface area contributed by atoms with Gasteiger partial charge in [-0.05, 0) is 25.0 Å². The van der Waals surface area contributed by atoms with Gasteiger partial charge in [0.1, 0.15) is 5.82 Å². The summed E-state index contributed by atoms with van der Waals surface area (Å²) in [6.07, 6.45) is 0. The Morgan fingerprint density at radius 2 is 2.08 bits per heavy atom. The average Bonchev–Trinajstić information content (AvgIpc) is 2.09. The van der Waals surface area contributed by atoms with Crippen molar-refractivity contribution < 1.29 is 4.39 Å². The number of hydrogen-bond donors (Lipinski definition) is 2. The Kier molecular flexibility index (Phi) is 3.01. The largest absolute Gasteiger partial charge is 0.326 e. The quantitative estimate of drug-likeness (QED) is 0.730. The Balaban J connectivity index is 3.25. The first-order valence-corrected chi connectivity index (χ1v) is 4.30. The number of benzene rings is 1. The number of rotatable bonds is 2. The van der Waals surface area contributed by atoms with Gasteiger partial charge in [0.15, 0.2) is 0 Å². The minimum Gasteiger partial charge on any atom is -0.326 e. The summed E-state index contributed by atoms with van der Waals surface area (Å²) >= 11 is 0. The number of nitrogens with two attached hydrogens (primary N) is 2. The zero-order valence-corrected chi connectivity index (χ0v) is 7.97. The van der Waals surface area contributed by atoms with Gasteiger partial charge in [0, 0.05) is 18.2 Å². The van der Waals surface area contributed by atoms with Crippen LogP contribution in [0.2, 0.25) is 0 Å². The van der Waals surface area contributed by atoms with Gasteiger partial charge in [-0.15, -0.1) is 0 Å². The van der Waals surface area contributed by atoms with Crippen molar-refractivity contribution in [1.82, 2.24) is 0 Å². The second-order valence-corrected chi connectivity index (χ2v) is 3.31. The first kappa shape index (κ1) is 10.2. The summed E-state index contributed by atoms with van der Waals surface area (Å²) in [7, 11) is 0. The standard InChI is InChI=1S/C10H15FN2/c1-6-3-8(5-12)4-9(7(2)13)10(6)11/h3-4,7H,5,12-13H2,1-2H3/t7-/m1/s1. The van der Waals surface area contributed by atoms with Crippen LogP contribution in [0.5, 0.6) is 0 Å². The predicted octanol–water partition coefficient (Wildman–Crippen LogP) is 1.61. The van der Waals surface area contributed by atoms with Gasteiger partial charge >= 0.3 is 0 Å². The van der Waals surface area contributed by atoms with E-state index in [1.807, 2.05) is 0 Å². The van der Waals surface area contributed by atoms with Gasteiger partial charge in [-0.1, -0.05) is 12.1 Å². The van der Waals surface area contributed by atoms with E-state index in [4.69, 9.17) is 11.5 Å². The lowest BCUT2D eigenvalue weighted by Gasteiger charge is -2.11. The fraction of sp³-hybridized carbons (Fsp3) is 0.400. The molecule has 0 aromatic heterocycles. The van der Waals surface area contributed by atoms with E-state index in [1.54, 1.807) is 26.0 Å². The molecular formula is C10H15FN2. The molecule has 13 heavy (non-hydrogen) atoms. The van der Waals surface area contributed by atoms with Gasteiger partial charge in [-0.25, -0.2) is 4.39 Å². The van der Waals surface area contributed by atoms with E-state index in [0.717, 1.165) is 5.56 Å². The number of halogens is 1. The lowest BCUT2D eigenvalue weighted by molar-refractivity contribution is 0.584. The Morgan fingerprint density at radius 3 is 2.54 bits per heavy atom. The molecule has 72 valence electrons. The van der Waals surface area contributed by atoms with E-state index >= 15 is 0 Å². The molecule has 1 atom stereocenters. The van der Waals surface area contributed by atoms with Gasteiger partial charge in [0.05, 0.1) is 0 Å². The molecule has 0 saturated carbocycles. The van der Waals surface area contributed by atoms with Gasteiger partial charge in [0.25, 0.3) is 0 Å². The highest BCUT2D eigenvalue weighted by atomic mass is 19.1. The molecule has 0 unspecified atom stereocenters. The third kappa shape index (κ3) is 2.05. The van der Waals surface area contributed by atoms with Crippen LogP contribution in [0.4, 0.5) is 4.39 Å². The Labute approximate surface area is 77.7 Å². The molecule has 0 heterocycles. The molecule has 0 saturated heterocycles. The van der Waals surface area contributed by atoms with Crippen LogP contribution in [0.1, 0.15) is 29.7 Å². The summed E-state index contributed by atoms with van der Waals surface area (Å²) in [5.74, 6) is -0.216. The minimum atomic E-state index is -0.287. The van der Waals surface area contributed by atoms with E-state index in [0.29, 0.717) is 17.7 Å². The van der Waals surface area contributed by atoms with Crippen LogP contribution in [-0.4, -0.2) is 0 Å². The molecule has 0 aliphatic heterocycles. The average molecular weight is 182 g/mol. The van der Waals surface area contributed by atoms with Crippen molar-refractivity contribution in [1.29, 1.82) is 0 Å². The smallest absolute Gasteiger partial charge is 0.130 e. The fourth-order valence-electron chi connectivity index (χ4n) is 1.32. The maximum atomic E-state index is 13.4. The SMILES string of the molecule is Cc1cc(CN)cc([C@@H](C)N)c1F. The van der Waals surface area contributed by atoms with E-state index < -0.39 is 0 Å². The fourth-order valence-corrected chi connectivity index (χ4v) is 1.32. The van der Waals surface area contributed by atoms with E-state index in [9.17, 15) is 4.39 Å². The van der Waals surface area contributed by atoms with Gasteiger partial charge in [0.2, 0.25) is 0 Å². The summed E-state index contributed by atoms with van der Waals surface area (Å²) in [5, 5.41) is 0. The Hall–Kier alpha value is -0.930. The van der Waals surface area contributed by atoms with Crippen molar-refractivity contribution in [2.75, 3.05) is 0 Å². The molecule has 0 fully saturated rings. The molecule has 1 aromatic carbocycles. The van der Waals surface area contributed by atoms with E-state index in [2.05, 4.69) is 0 Å². The molecule has 0 spiro atoms. The van der Waals surface area contributed by atoms with E-state index in [1.165, 1.54) is 0 Å². The minimum absolute atomic E-state index is 0.216. The second kappa shape index (κ2) is 3.85. The van der Waals surface area contributed by atoms with Crippen LogP contribution in [0, 0.1) is 12.7 Å². The zero-order valence-electron chi connectivity index (χ0n) is 7.97. The second-order valence-electron chi connectivity index (χ2n) is 3.31. The molecule has 4 N–H and O–H groups in total. The maximum absolute atomic E-state index is 13.4. The third-order valence-electron chi connectivity index (χ3n) is 2.07. The molecule has 0 aliphatic rings. The maximum Gasteiger partial charge on any atom is 0.130 e. The van der Waals surface area contributed by atoms with Crippen molar-refractivity contribution in [3.63, 3.8) is 0 Å². The number of aryl methyl sites for hydroxylation is 1. The van der Waals surface area contributed by atoms with Crippen molar-refractivity contribution in [3.8, 4) is 0 Å². The molecule has 1 aromatic rings. The lowest BCUT2D eigenvalue weighted by Crippen LogP contribution is -2.10. The summed E-state index contributed by atoms with van der Waals surface area (Å²) in [4.78, 5) is 0. The van der Waals surface area contributed by atoms with Gasteiger partial charge in [-0.2, -0.15) is 0 Å². The van der Waals surface area contributed by atoms with E-state index in [-0.39, 0.29) is 11.9 Å². The van der Waals surface area contributed by atoms with Crippen LogP contribution < -0.4 is 11.5 Å². The summed E-state index contributed by atoms with van der Waals surface area (Å²) in [5.41, 5.74) is 13.2. The zero-order chi connectivity index (χ0) is 10.0. The predicted molar refractivity (Wildman–Crippen MR) is 51.6 cm³/mol. The van der Waals surface area contributed by atoms with Gasteiger partial charge in [-0.3, -0.25) is 0 Å². The molecular weight excluding hydrogens is 167 g/mol. The molecule has 0 radical (unpaired) electrons. The molecule has 2 nitrogen and oxygen atoms in total. The third-order valence-corrected chi connectivity index (χ3v) is 2.07. The lowest BCUT2D eigenvalue weighted by atomic mass is 10.0. The first-order valence-electron chi connectivity index (χ1n) is 4.30. The van der Waals surface area contributed by atoms with Crippen molar-refractivity contribution in [3.05, 3.63) is 34.6 Å². The van der Waals surface area contributed by atoms with Crippen molar-refractivity contribution >= 4 is 0 Å². The molecule has 0 aliphatic carbocycles. The van der Waals surface area contributed by atoms with Crippen LogP contribution in [0.15, 0.2) is 12.1 Å². The van der Waals surface area contributed by atoms with Crippen molar-refractivity contribution in [2.45, 2.75) is 26.4 Å². The Bertz CT molecular complexity index is 308. The molecule has 0 amide bonds. The van der Waals surface area contributed by atoms with Gasteiger partial charge < -0.3 is 11.5 Å². The highest BCUT2D eigenvalue weighted by Crippen LogP contribution is 2.20. The summed E-state index contributed by atoms with van der Waals surface area (Å²) in [6, 6.07) is 3.19. The molecule has 0 bridgehead atoms. The van der Waals surface area contributed by atoms with Crippen LogP contribution in [-0.2, 0) is 6.54 Å². The van der Waals surface area contributed by atoms with Crippen LogP contribution in [0.25, 0.3) is 0 Å². The highest BCUT2D eigenvalue weighted by molar-refractivity contribution is 5.32. The number of hydrogen-bond acceptors (Lipinski definition) is 2. The molecule has 3 heteroatoms. The van der Waals surface area contributed by atoms with Crippen LogP contribution >= 0.6 is 0 Å². The van der Waals surface area contributed by atoms with Crippen LogP contribution in [0.3, 0.4) is 0 Å². The summed E-state index contributed by atoms with van der Waals surface area (Å²) in [6.45, 7) is 3.90. The topological polar surface area (TPSA) is 52.0 Å². The normalized spacial score (nSPS) is 13.0. The summed E-state index contributed by atoms with van der Waals surface area (Å²) < 4.78 is 13.4. The molecule has 1 rings (SSSR count). The first-order chi connectivity index (χ1) is 6.06. The highest BCUT2D eigenvalue weighted by Gasteiger charge is 2.10. The monoisotopic (exact) mass is 182 g/mol. The Morgan fingerprint density at radius 1 is 1.46 bits per heavy atom.